The minimum absolute atomic E-state index is 0.0124. The molecule has 2 rings (SSSR count). The van der Waals surface area contributed by atoms with Crippen LogP contribution in [0.15, 0.2) is 0 Å². The van der Waals surface area contributed by atoms with E-state index in [-0.39, 0.29) is 12.6 Å². The summed E-state index contributed by atoms with van der Waals surface area (Å²) in [6.07, 6.45) is 2.20. The maximum atomic E-state index is 9.12. The fourth-order valence-corrected chi connectivity index (χ4v) is 2.37. The minimum atomic E-state index is -0.292. The van der Waals surface area contributed by atoms with Gasteiger partial charge in [0.25, 0.3) is 0 Å². The van der Waals surface area contributed by atoms with E-state index >= 15 is 0 Å². The lowest BCUT2D eigenvalue weighted by molar-refractivity contribution is 0.260. The van der Waals surface area contributed by atoms with Crippen LogP contribution in [0.5, 0.6) is 0 Å². The number of aliphatic hydroxyl groups is 1. The highest BCUT2D eigenvalue weighted by atomic mass is 16.3. The standard InChI is InChI=1S/C11H19N3O/c1-7-3-4-14-10(5-7)13-8(2)11(14)9(12)6-15/h7,9,15H,3-6,12H2,1-2H3. The van der Waals surface area contributed by atoms with Crippen molar-refractivity contribution in [3.05, 3.63) is 17.2 Å². The van der Waals surface area contributed by atoms with Crippen molar-refractivity contribution in [3.8, 4) is 0 Å². The highest BCUT2D eigenvalue weighted by Crippen LogP contribution is 2.25. The van der Waals surface area contributed by atoms with E-state index < -0.39 is 0 Å². The number of hydrogen-bond acceptors (Lipinski definition) is 3. The molecule has 3 N–H and O–H groups in total. The van der Waals surface area contributed by atoms with E-state index in [1.807, 2.05) is 6.92 Å². The van der Waals surface area contributed by atoms with Crippen LogP contribution in [0.1, 0.15) is 36.6 Å². The number of aromatic nitrogens is 2. The second-order valence-electron chi connectivity index (χ2n) is 4.54. The Morgan fingerprint density at radius 1 is 1.67 bits per heavy atom. The normalized spacial score (nSPS) is 22.5. The Morgan fingerprint density at radius 2 is 2.40 bits per heavy atom. The zero-order chi connectivity index (χ0) is 11.0. The number of nitrogens with zero attached hydrogens (tertiary/aromatic N) is 2. The molecule has 2 atom stereocenters. The molecule has 4 nitrogen and oxygen atoms in total. The predicted octanol–water partition coefficient (Wildman–Crippen LogP) is 0.766. The first-order valence-electron chi connectivity index (χ1n) is 5.55. The van der Waals surface area contributed by atoms with Gasteiger partial charge in [-0.15, -0.1) is 0 Å². The van der Waals surface area contributed by atoms with Crippen molar-refractivity contribution in [1.29, 1.82) is 0 Å². The van der Waals surface area contributed by atoms with Crippen LogP contribution in [0.2, 0.25) is 0 Å². The fourth-order valence-electron chi connectivity index (χ4n) is 2.37. The zero-order valence-electron chi connectivity index (χ0n) is 9.40. The Kier molecular flexibility index (Phi) is 2.80. The van der Waals surface area contributed by atoms with Gasteiger partial charge in [0.05, 0.1) is 24.0 Å². The summed E-state index contributed by atoms with van der Waals surface area (Å²) in [5, 5.41) is 9.12. The fraction of sp³-hybridized carbons (Fsp3) is 0.727. The molecule has 15 heavy (non-hydrogen) atoms. The van der Waals surface area contributed by atoms with Gasteiger partial charge in [-0.2, -0.15) is 0 Å². The second-order valence-corrected chi connectivity index (χ2v) is 4.54. The Hall–Kier alpha value is -0.870. The third kappa shape index (κ3) is 1.79. The molecule has 1 aromatic heterocycles. The summed E-state index contributed by atoms with van der Waals surface area (Å²) in [5.74, 6) is 1.84. The van der Waals surface area contributed by atoms with Crippen LogP contribution in [0.3, 0.4) is 0 Å². The predicted molar refractivity (Wildman–Crippen MR) is 58.5 cm³/mol. The number of aryl methyl sites for hydroxylation is 1. The van der Waals surface area contributed by atoms with Crippen molar-refractivity contribution in [2.75, 3.05) is 6.61 Å². The summed E-state index contributed by atoms with van der Waals surface area (Å²) in [6, 6.07) is -0.292. The van der Waals surface area contributed by atoms with Crippen LogP contribution in [-0.2, 0) is 13.0 Å². The molecule has 0 saturated heterocycles. The molecule has 0 fully saturated rings. The maximum Gasteiger partial charge on any atom is 0.109 e. The highest BCUT2D eigenvalue weighted by Gasteiger charge is 2.23. The first kappa shape index (κ1) is 10.6. The molecule has 2 unspecified atom stereocenters. The van der Waals surface area contributed by atoms with Gasteiger partial charge in [-0.25, -0.2) is 4.98 Å². The Labute approximate surface area is 90.1 Å². The molecule has 84 valence electrons. The van der Waals surface area contributed by atoms with E-state index in [9.17, 15) is 0 Å². The molecule has 4 heteroatoms. The first-order chi connectivity index (χ1) is 7.13. The molecule has 1 aliphatic heterocycles. The summed E-state index contributed by atoms with van der Waals surface area (Å²) >= 11 is 0. The van der Waals surface area contributed by atoms with Crippen LogP contribution in [0, 0.1) is 12.8 Å². The van der Waals surface area contributed by atoms with Gasteiger partial charge in [0.15, 0.2) is 0 Å². The molecule has 0 saturated carbocycles. The average molecular weight is 209 g/mol. The van der Waals surface area contributed by atoms with Gasteiger partial charge >= 0.3 is 0 Å². The van der Waals surface area contributed by atoms with Crippen molar-refractivity contribution < 1.29 is 5.11 Å². The Morgan fingerprint density at radius 3 is 3.07 bits per heavy atom. The first-order valence-corrected chi connectivity index (χ1v) is 5.55. The number of imidazole rings is 1. The third-order valence-corrected chi connectivity index (χ3v) is 3.19. The smallest absolute Gasteiger partial charge is 0.109 e. The van der Waals surface area contributed by atoms with Crippen LogP contribution in [0.25, 0.3) is 0 Å². The van der Waals surface area contributed by atoms with E-state index in [1.54, 1.807) is 0 Å². The number of hydrogen-bond donors (Lipinski definition) is 2. The van der Waals surface area contributed by atoms with E-state index in [4.69, 9.17) is 10.8 Å². The van der Waals surface area contributed by atoms with Crippen LogP contribution >= 0.6 is 0 Å². The molecular formula is C11H19N3O. The molecule has 0 amide bonds. The van der Waals surface area contributed by atoms with Crippen LogP contribution < -0.4 is 5.73 Å². The number of aliphatic hydroxyl groups excluding tert-OH is 1. The van der Waals surface area contributed by atoms with Crippen molar-refractivity contribution >= 4 is 0 Å². The van der Waals surface area contributed by atoms with Gasteiger partial charge in [0, 0.05) is 13.0 Å². The van der Waals surface area contributed by atoms with E-state index in [2.05, 4.69) is 16.5 Å². The monoisotopic (exact) mass is 209 g/mol. The van der Waals surface area contributed by atoms with Crippen molar-refractivity contribution in [2.45, 2.75) is 39.3 Å². The van der Waals surface area contributed by atoms with Gasteiger partial charge in [-0.1, -0.05) is 6.92 Å². The van der Waals surface area contributed by atoms with Gasteiger partial charge < -0.3 is 15.4 Å². The summed E-state index contributed by atoms with van der Waals surface area (Å²) in [6.45, 7) is 5.20. The van der Waals surface area contributed by atoms with Crippen molar-refractivity contribution in [3.63, 3.8) is 0 Å². The summed E-state index contributed by atoms with van der Waals surface area (Å²) in [4.78, 5) is 4.54. The van der Waals surface area contributed by atoms with Crippen LogP contribution in [0.4, 0.5) is 0 Å². The minimum Gasteiger partial charge on any atom is -0.394 e. The highest BCUT2D eigenvalue weighted by molar-refractivity contribution is 5.21. The van der Waals surface area contributed by atoms with Gasteiger partial charge in [0.1, 0.15) is 5.82 Å². The van der Waals surface area contributed by atoms with Gasteiger partial charge in [-0.05, 0) is 19.3 Å². The Bertz CT molecular complexity index is 359. The topological polar surface area (TPSA) is 64.1 Å². The molecule has 0 aliphatic carbocycles. The van der Waals surface area contributed by atoms with Crippen molar-refractivity contribution in [1.82, 2.24) is 9.55 Å². The zero-order valence-corrected chi connectivity index (χ0v) is 9.40. The molecule has 0 radical (unpaired) electrons. The molecule has 1 aromatic rings. The summed E-state index contributed by atoms with van der Waals surface area (Å²) < 4.78 is 2.19. The second kappa shape index (κ2) is 3.94. The van der Waals surface area contributed by atoms with Gasteiger partial charge in [-0.3, -0.25) is 0 Å². The van der Waals surface area contributed by atoms with E-state index in [0.717, 1.165) is 30.2 Å². The maximum absolute atomic E-state index is 9.12. The van der Waals surface area contributed by atoms with E-state index in [1.165, 1.54) is 6.42 Å². The quantitative estimate of drug-likeness (QED) is 0.756. The summed E-state index contributed by atoms with van der Waals surface area (Å²) in [7, 11) is 0. The lowest BCUT2D eigenvalue weighted by atomic mass is 10.00. The number of fused-ring (bicyclic) bond motifs is 1. The largest absolute Gasteiger partial charge is 0.394 e. The third-order valence-electron chi connectivity index (χ3n) is 3.19. The summed E-state index contributed by atoms with van der Waals surface area (Å²) in [5.41, 5.74) is 7.87. The van der Waals surface area contributed by atoms with Crippen molar-refractivity contribution in [2.24, 2.45) is 11.7 Å². The molecule has 0 spiro atoms. The lowest BCUT2D eigenvalue weighted by Gasteiger charge is -2.23. The SMILES string of the molecule is Cc1nc2n(c1C(N)CO)CCC(C)C2. The Balaban J connectivity index is 2.39. The molecule has 1 aliphatic rings. The average Bonchev–Trinajstić information content (AvgIpc) is 2.52. The molecule has 0 aromatic carbocycles. The lowest BCUT2D eigenvalue weighted by Crippen LogP contribution is -2.24. The van der Waals surface area contributed by atoms with E-state index in [0.29, 0.717) is 5.92 Å². The molecular weight excluding hydrogens is 190 g/mol. The van der Waals surface area contributed by atoms with Crippen LogP contribution in [-0.4, -0.2) is 21.3 Å². The number of nitrogens with two attached hydrogens (primary N) is 1. The number of rotatable bonds is 2. The van der Waals surface area contributed by atoms with Gasteiger partial charge in [0.2, 0.25) is 0 Å². The molecule has 0 bridgehead atoms. The molecule has 2 heterocycles.